The number of carbonyl (C=O) groups is 3. The minimum atomic E-state index is -1.30. The lowest BCUT2D eigenvalue weighted by Crippen LogP contribution is -2.12. The van der Waals surface area contributed by atoms with Crippen LogP contribution in [-0.2, 0) is 0 Å². The Labute approximate surface area is 153 Å². The van der Waals surface area contributed by atoms with E-state index >= 15 is 0 Å². The molecule has 3 aromatic rings. The van der Waals surface area contributed by atoms with Crippen LogP contribution in [0.2, 0.25) is 0 Å². The summed E-state index contributed by atoms with van der Waals surface area (Å²) in [7, 11) is 0. The topological polar surface area (TPSA) is 117 Å². The van der Waals surface area contributed by atoms with Gasteiger partial charge in [-0.2, -0.15) is 0 Å². The number of aryl methyl sites for hydroxylation is 1. The number of hydrogen-bond acceptors (Lipinski definition) is 5. The molecule has 0 aliphatic carbocycles. The molecule has 0 radical (unpaired) electrons. The molecule has 0 spiro atoms. The van der Waals surface area contributed by atoms with E-state index in [2.05, 4.69) is 5.32 Å². The van der Waals surface area contributed by atoms with Gasteiger partial charge in [0.1, 0.15) is 17.1 Å². The summed E-state index contributed by atoms with van der Waals surface area (Å²) in [5, 5.41) is 21.2. The van der Waals surface area contributed by atoms with Crippen molar-refractivity contribution in [2.24, 2.45) is 0 Å². The standard InChI is InChI=1S/C20H15NO6/c1-11-2-3-12(8-15(11)18-7-5-14(10-22)27-18)19(24)21-13-4-6-17(23)16(9-13)20(25)26/h2-10,23H,1H3,(H,21,24)(H,25,26). The van der Waals surface area contributed by atoms with Crippen molar-refractivity contribution >= 4 is 23.9 Å². The first kappa shape index (κ1) is 17.9. The Kier molecular flexibility index (Phi) is 4.76. The zero-order chi connectivity index (χ0) is 19.6. The number of nitrogens with one attached hydrogen (secondary N) is 1. The first-order valence-corrected chi connectivity index (χ1v) is 7.92. The monoisotopic (exact) mass is 365 g/mol. The first-order valence-electron chi connectivity index (χ1n) is 7.92. The summed E-state index contributed by atoms with van der Waals surface area (Å²) in [6.07, 6.45) is 0.597. The van der Waals surface area contributed by atoms with Crippen LogP contribution in [-0.4, -0.2) is 28.4 Å². The molecule has 0 unspecified atom stereocenters. The van der Waals surface area contributed by atoms with Gasteiger partial charge in [0.15, 0.2) is 12.0 Å². The molecule has 3 N–H and O–H groups in total. The average molecular weight is 365 g/mol. The van der Waals surface area contributed by atoms with Gasteiger partial charge >= 0.3 is 5.97 Å². The average Bonchev–Trinajstić information content (AvgIpc) is 3.12. The molecule has 0 fully saturated rings. The van der Waals surface area contributed by atoms with Gasteiger partial charge in [-0.25, -0.2) is 4.79 Å². The van der Waals surface area contributed by atoms with Gasteiger partial charge < -0.3 is 19.9 Å². The van der Waals surface area contributed by atoms with Crippen molar-refractivity contribution in [2.45, 2.75) is 6.92 Å². The molecule has 27 heavy (non-hydrogen) atoms. The van der Waals surface area contributed by atoms with E-state index in [1.54, 1.807) is 30.3 Å². The predicted octanol–water partition coefficient (Wildman–Crippen LogP) is 3.72. The SMILES string of the molecule is Cc1ccc(C(=O)Nc2ccc(O)c(C(=O)O)c2)cc1-c1ccc(C=O)o1. The summed E-state index contributed by atoms with van der Waals surface area (Å²) in [5.74, 6) is -1.50. The van der Waals surface area contributed by atoms with E-state index < -0.39 is 11.9 Å². The van der Waals surface area contributed by atoms with E-state index in [1.165, 1.54) is 18.2 Å². The van der Waals surface area contributed by atoms with Crippen LogP contribution in [0.5, 0.6) is 5.75 Å². The molecule has 0 saturated heterocycles. The highest BCUT2D eigenvalue weighted by Crippen LogP contribution is 2.27. The second-order valence-corrected chi connectivity index (χ2v) is 5.84. The molecule has 3 rings (SSSR count). The van der Waals surface area contributed by atoms with Crippen LogP contribution in [0, 0.1) is 6.92 Å². The number of furan rings is 1. The van der Waals surface area contributed by atoms with Crippen LogP contribution in [0.15, 0.2) is 52.9 Å². The number of carboxylic acid groups (broad SMARTS) is 1. The molecule has 136 valence electrons. The highest BCUT2D eigenvalue weighted by Gasteiger charge is 2.15. The normalized spacial score (nSPS) is 10.4. The van der Waals surface area contributed by atoms with Crippen LogP contribution in [0.3, 0.4) is 0 Å². The summed E-state index contributed by atoms with van der Waals surface area (Å²) >= 11 is 0. The molecule has 1 aromatic heterocycles. The number of aromatic carboxylic acids is 1. The molecular weight excluding hydrogens is 350 g/mol. The van der Waals surface area contributed by atoms with Crippen molar-refractivity contribution in [2.75, 3.05) is 5.32 Å². The van der Waals surface area contributed by atoms with Crippen LogP contribution in [0.1, 0.15) is 36.8 Å². The van der Waals surface area contributed by atoms with E-state index in [1.807, 2.05) is 6.92 Å². The fourth-order valence-electron chi connectivity index (χ4n) is 2.58. The highest BCUT2D eigenvalue weighted by molar-refractivity contribution is 6.05. The Bertz CT molecular complexity index is 1050. The molecule has 0 saturated carbocycles. The molecule has 0 bridgehead atoms. The fourth-order valence-corrected chi connectivity index (χ4v) is 2.58. The molecule has 7 nitrogen and oxygen atoms in total. The van der Waals surface area contributed by atoms with Gasteiger partial charge in [-0.3, -0.25) is 9.59 Å². The maximum absolute atomic E-state index is 12.5. The van der Waals surface area contributed by atoms with Gasteiger partial charge in [-0.15, -0.1) is 0 Å². The van der Waals surface area contributed by atoms with Crippen molar-refractivity contribution in [3.8, 4) is 17.1 Å². The number of hydrogen-bond donors (Lipinski definition) is 3. The van der Waals surface area contributed by atoms with Gasteiger partial charge in [0.25, 0.3) is 5.91 Å². The third-order valence-corrected chi connectivity index (χ3v) is 3.99. The van der Waals surface area contributed by atoms with Crippen molar-refractivity contribution in [1.82, 2.24) is 0 Å². The summed E-state index contributed by atoms with van der Waals surface area (Å²) in [6, 6.07) is 11.9. The summed E-state index contributed by atoms with van der Waals surface area (Å²) < 4.78 is 5.42. The third-order valence-electron chi connectivity index (χ3n) is 3.99. The third kappa shape index (κ3) is 3.72. The van der Waals surface area contributed by atoms with E-state index in [9.17, 15) is 19.5 Å². The number of amides is 1. The Morgan fingerprint density at radius 2 is 1.85 bits per heavy atom. The number of phenols is 1. The minimum Gasteiger partial charge on any atom is -0.507 e. The molecule has 0 aliphatic rings. The molecular formula is C20H15NO6. The van der Waals surface area contributed by atoms with E-state index in [0.29, 0.717) is 23.2 Å². The highest BCUT2D eigenvalue weighted by atomic mass is 16.4. The molecule has 1 amide bonds. The molecule has 0 atom stereocenters. The molecule has 7 heteroatoms. The Balaban J connectivity index is 1.89. The summed E-state index contributed by atoms with van der Waals surface area (Å²) in [6.45, 7) is 1.85. The number of carboxylic acids is 1. The zero-order valence-corrected chi connectivity index (χ0v) is 14.2. The second kappa shape index (κ2) is 7.17. The van der Waals surface area contributed by atoms with Gasteiger partial charge in [0.05, 0.1) is 0 Å². The zero-order valence-electron chi connectivity index (χ0n) is 14.2. The van der Waals surface area contributed by atoms with Gasteiger partial charge in [-0.05, 0) is 55.0 Å². The Morgan fingerprint density at radius 3 is 2.52 bits per heavy atom. The summed E-state index contributed by atoms with van der Waals surface area (Å²) in [4.78, 5) is 34.4. The summed E-state index contributed by atoms with van der Waals surface area (Å²) in [5.41, 5.74) is 1.77. The van der Waals surface area contributed by atoms with Crippen molar-refractivity contribution in [1.29, 1.82) is 0 Å². The Morgan fingerprint density at radius 1 is 1.07 bits per heavy atom. The van der Waals surface area contributed by atoms with Crippen molar-refractivity contribution in [3.05, 3.63) is 71.0 Å². The molecule has 1 heterocycles. The number of carbonyl (C=O) groups excluding carboxylic acids is 2. The van der Waals surface area contributed by atoms with Crippen molar-refractivity contribution in [3.63, 3.8) is 0 Å². The number of rotatable bonds is 5. The van der Waals surface area contributed by atoms with Crippen LogP contribution < -0.4 is 5.32 Å². The maximum Gasteiger partial charge on any atom is 0.339 e. The maximum atomic E-state index is 12.5. The van der Waals surface area contributed by atoms with Crippen LogP contribution in [0.4, 0.5) is 5.69 Å². The van der Waals surface area contributed by atoms with E-state index in [4.69, 9.17) is 9.52 Å². The second-order valence-electron chi connectivity index (χ2n) is 5.84. The lowest BCUT2D eigenvalue weighted by Gasteiger charge is -2.09. The number of aromatic hydroxyl groups is 1. The van der Waals surface area contributed by atoms with Gasteiger partial charge in [0.2, 0.25) is 0 Å². The lowest BCUT2D eigenvalue weighted by atomic mass is 10.0. The van der Waals surface area contributed by atoms with Gasteiger partial charge in [0, 0.05) is 16.8 Å². The number of anilines is 1. The number of benzene rings is 2. The van der Waals surface area contributed by atoms with Crippen LogP contribution >= 0.6 is 0 Å². The predicted molar refractivity (Wildman–Crippen MR) is 97.3 cm³/mol. The first-order chi connectivity index (χ1) is 12.9. The quantitative estimate of drug-likeness (QED) is 0.469. The van der Waals surface area contributed by atoms with Crippen molar-refractivity contribution < 1.29 is 29.0 Å². The Hall–Kier alpha value is -3.87. The van der Waals surface area contributed by atoms with Crippen LogP contribution in [0.25, 0.3) is 11.3 Å². The smallest absolute Gasteiger partial charge is 0.339 e. The number of aldehydes is 1. The lowest BCUT2D eigenvalue weighted by molar-refractivity contribution is 0.0693. The minimum absolute atomic E-state index is 0.185. The van der Waals surface area contributed by atoms with E-state index in [0.717, 1.165) is 5.56 Å². The molecule has 0 aliphatic heterocycles. The molecule has 2 aromatic carbocycles. The van der Waals surface area contributed by atoms with E-state index in [-0.39, 0.29) is 22.8 Å². The largest absolute Gasteiger partial charge is 0.507 e. The van der Waals surface area contributed by atoms with Gasteiger partial charge in [-0.1, -0.05) is 6.07 Å². The fraction of sp³-hybridized carbons (Fsp3) is 0.0500.